The Bertz CT molecular complexity index is 404. The predicted octanol–water partition coefficient (Wildman–Crippen LogP) is 3.22. The van der Waals surface area contributed by atoms with Gasteiger partial charge in [0.2, 0.25) is 0 Å². The minimum absolute atomic E-state index is 0.0209. The first-order valence-electron chi connectivity index (χ1n) is 6.06. The molecule has 0 bridgehead atoms. The number of methoxy groups -OCH3 is 1. The molecule has 0 amide bonds. The van der Waals surface area contributed by atoms with Gasteiger partial charge in [0.1, 0.15) is 6.61 Å². The second-order valence-corrected chi connectivity index (χ2v) is 4.18. The number of halogens is 1. The number of hydrogen-bond acceptors (Lipinski definition) is 3. The van der Waals surface area contributed by atoms with Gasteiger partial charge in [0.05, 0.1) is 13.2 Å². The van der Waals surface area contributed by atoms with Gasteiger partial charge >= 0.3 is 0 Å². The van der Waals surface area contributed by atoms with Crippen molar-refractivity contribution in [2.45, 2.75) is 32.8 Å². The van der Waals surface area contributed by atoms with E-state index in [1.165, 1.54) is 25.3 Å². The van der Waals surface area contributed by atoms with Gasteiger partial charge in [0.15, 0.2) is 17.3 Å². The molecule has 4 heteroatoms. The summed E-state index contributed by atoms with van der Waals surface area (Å²) in [5.41, 5.74) is 0.303. The maximum Gasteiger partial charge on any atom is 0.188 e. The maximum atomic E-state index is 13.4. The van der Waals surface area contributed by atoms with E-state index >= 15 is 0 Å². The molecule has 1 rings (SSSR count). The van der Waals surface area contributed by atoms with Crippen LogP contribution in [0.1, 0.15) is 37.0 Å². The number of hydrogen-bond donors (Lipinski definition) is 0. The van der Waals surface area contributed by atoms with Gasteiger partial charge in [-0.15, -0.1) is 0 Å². The average molecular weight is 254 g/mol. The Morgan fingerprint density at radius 2 is 2.17 bits per heavy atom. The van der Waals surface area contributed by atoms with Gasteiger partial charge < -0.3 is 9.47 Å². The molecule has 0 aromatic heterocycles. The van der Waals surface area contributed by atoms with E-state index < -0.39 is 5.82 Å². The topological polar surface area (TPSA) is 35.5 Å². The van der Waals surface area contributed by atoms with Crippen molar-refractivity contribution >= 4 is 5.78 Å². The Kier molecular flexibility index (Phi) is 5.78. The highest BCUT2D eigenvalue weighted by atomic mass is 19.1. The second-order valence-electron chi connectivity index (χ2n) is 4.18. The van der Waals surface area contributed by atoms with Crippen LogP contribution in [0.4, 0.5) is 4.39 Å². The number of benzene rings is 1. The molecule has 0 saturated heterocycles. The SMILES string of the molecule is CCCC(C)OCC(=O)c1ccc(OC)c(F)c1. The van der Waals surface area contributed by atoms with Crippen molar-refractivity contribution in [1.82, 2.24) is 0 Å². The van der Waals surface area contributed by atoms with Crippen molar-refractivity contribution in [1.29, 1.82) is 0 Å². The van der Waals surface area contributed by atoms with E-state index in [0.29, 0.717) is 5.56 Å². The average Bonchev–Trinajstić information content (AvgIpc) is 2.36. The van der Waals surface area contributed by atoms with Crippen LogP contribution in [0.5, 0.6) is 5.75 Å². The Hall–Kier alpha value is -1.42. The van der Waals surface area contributed by atoms with Gasteiger partial charge in [-0.3, -0.25) is 4.79 Å². The first kappa shape index (κ1) is 14.6. The molecular weight excluding hydrogens is 235 g/mol. The molecule has 100 valence electrons. The van der Waals surface area contributed by atoms with Crippen molar-refractivity contribution in [3.8, 4) is 5.75 Å². The highest BCUT2D eigenvalue weighted by Gasteiger charge is 2.11. The molecule has 3 nitrogen and oxygen atoms in total. The Morgan fingerprint density at radius 1 is 1.44 bits per heavy atom. The molecule has 0 aliphatic rings. The monoisotopic (exact) mass is 254 g/mol. The smallest absolute Gasteiger partial charge is 0.188 e. The quantitative estimate of drug-likeness (QED) is 0.701. The molecular formula is C14H19FO3. The minimum Gasteiger partial charge on any atom is -0.494 e. The summed E-state index contributed by atoms with van der Waals surface area (Å²) < 4.78 is 23.6. The maximum absolute atomic E-state index is 13.4. The summed E-state index contributed by atoms with van der Waals surface area (Å²) in [6.45, 7) is 3.96. The minimum atomic E-state index is -0.537. The van der Waals surface area contributed by atoms with Crippen molar-refractivity contribution < 1.29 is 18.7 Å². The van der Waals surface area contributed by atoms with Crippen LogP contribution in [0.2, 0.25) is 0 Å². The summed E-state index contributed by atoms with van der Waals surface area (Å²) in [5, 5.41) is 0. The van der Waals surface area contributed by atoms with E-state index in [1.807, 2.05) is 6.92 Å². The zero-order chi connectivity index (χ0) is 13.5. The Morgan fingerprint density at radius 3 is 2.72 bits per heavy atom. The highest BCUT2D eigenvalue weighted by Crippen LogP contribution is 2.18. The molecule has 1 unspecified atom stereocenters. The molecule has 0 radical (unpaired) electrons. The normalized spacial score (nSPS) is 12.2. The summed E-state index contributed by atoms with van der Waals surface area (Å²) >= 11 is 0. The molecule has 0 fully saturated rings. The summed E-state index contributed by atoms with van der Waals surface area (Å²) in [7, 11) is 1.38. The number of carbonyl (C=O) groups excluding carboxylic acids is 1. The number of Topliss-reactive ketones (excluding diaryl/α,β-unsaturated/α-hetero) is 1. The number of carbonyl (C=O) groups is 1. The lowest BCUT2D eigenvalue weighted by molar-refractivity contribution is 0.0490. The standard InChI is InChI=1S/C14H19FO3/c1-4-5-10(2)18-9-13(16)11-6-7-14(17-3)12(15)8-11/h6-8,10H,4-5,9H2,1-3H3. The van der Waals surface area contributed by atoms with Crippen LogP contribution < -0.4 is 4.74 Å². The lowest BCUT2D eigenvalue weighted by Crippen LogP contribution is -2.16. The van der Waals surface area contributed by atoms with E-state index in [0.717, 1.165) is 12.8 Å². The van der Waals surface area contributed by atoms with Crippen LogP contribution in [0.15, 0.2) is 18.2 Å². The molecule has 0 aliphatic heterocycles. The fourth-order valence-corrected chi connectivity index (χ4v) is 1.63. The zero-order valence-corrected chi connectivity index (χ0v) is 11.0. The van der Waals surface area contributed by atoms with Gasteiger partial charge in [0, 0.05) is 5.56 Å². The number of ketones is 1. The summed E-state index contributed by atoms with van der Waals surface area (Å²) in [4.78, 5) is 11.8. The van der Waals surface area contributed by atoms with Gasteiger partial charge in [-0.1, -0.05) is 13.3 Å². The first-order chi connectivity index (χ1) is 8.58. The molecule has 0 heterocycles. The molecule has 0 spiro atoms. The molecule has 1 aromatic carbocycles. The summed E-state index contributed by atoms with van der Waals surface area (Å²) in [5.74, 6) is -0.628. The summed E-state index contributed by atoms with van der Waals surface area (Å²) in [6, 6.07) is 4.16. The van der Waals surface area contributed by atoms with Crippen molar-refractivity contribution in [3.63, 3.8) is 0 Å². The Labute approximate surface area is 107 Å². The molecule has 0 aliphatic carbocycles. The second kappa shape index (κ2) is 7.11. The Balaban J connectivity index is 2.59. The molecule has 0 N–H and O–H groups in total. The molecule has 18 heavy (non-hydrogen) atoms. The predicted molar refractivity (Wildman–Crippen MR) is 67.6 cm³/mol. The van der Waals surface area contributed by atoms with Crippen LogP contribution in [0.25, 0.3) is 0 Å². The van der Waals surface area contributed by atoms with Gasteiger partial charge in [0.25, 0.3) is 0 Å². The zero-order valence-electron chi connectivity index (χ0n) is 11.0. The van der Waals surface area contributed by atoms with Crippen molar-refractivity contribution in [2.24, 2.45) is 0 Å². The van der Waals surface area contributed by atoms with E-state index in [2.05, 4.69) is 6.92 Å². The molecule has 0 saturated carbocycles. The fourth-order valence-electron chi connectivity index (χ4n) is 1.63. The van der Waals surface area contributed by atoms with Crippen LogP contribution in [0.3, 0.4) is 0 Å². The number of rotatable bonds is 7. The lowest BCUT2D eigenvalue weighted by Gasteiger charge is -2.11. The molecule has 1 atom stereocenters. The first-order valence-corrected chi connectivity index (χ1v) is 6.06. The van der Waals surface area contributed by atoms with Gasteiger partial charge in [-0.25, -0.2) is 4.39 Å². The third kappa shape index (κ3) is 4.11. The summed E-state index contributed by atoms with van der Waals surface area (Å²) in [6.07, 6.45) is 1.96. The largest absolute Gasteiger partial charge is 0.494 e. The third-order valence-electron chi connectivity index (χ3n) is 2.67. The third-order valence-corrected chi connectivity index (χ3v) is 2.67. The van der Waals surface area contributed by atoms with Crippen LogP contribution in [-0.4, -0.2) is 25.6 Å². The number of ether oxygens (including phenoxy) is 2. The van der Waals surface area contributed by atoms with E-state index in [9.17, 15) is 9.18 Å². The molecule has 1 aromatic rings. The van der Waals surface area contributed by atoms with E-state index in [4.69, 9.17) is 9.47 Å². The highest BCUT2D eigenvalue weighted by molar-refractivity contribution is 5.97. The fraction of sp³-hybridized carbons (Fsp3) is 0.500. The van der Waals surface area contributed by atoms with E-state index in [-0.39, 0.29) is 24.2 Å². The lowest BCUT2D eigenvalue weighted by atomic mass is 10.1. The van der Waals surface area contributed by atoms with Crippen molar-refractivity contribution in [3.05, 3.63) is 29.6 Å². The van der Waals surface area contributed by atoms with Crippen LogP contribution in [0, 0.1) is 5.82 Å². The van der Waals surface area contributed by atoms with E-state index in [1.54, 1.807) is 0 Å². The van der Waals surface area contributed by atoms with Gasteiger partial charge in [-0.2, -0.15) is 0 Å². The van der Waals surface area contributed by atoms with Crippen molar-refractivity contribution in [2.75, 3.05) is 13.7 Å². The van der Waals surface area contributed by atoms with Crippen LogP contribution in [-0.2, 0) is 4.74 Å². The van der Waals surface area contributed by atoms with Gasteiger partial charge in [-0.05, 0) is 31.5 Å². The van der Waals surface area contributed by atoms with Crippen LogP contribution >= 0.6 is 0 Å².